The number of fused-ring (bicyclic) bond motifs is 1. The molecule has 3 fully saturated rings. The van der Waals surface area contributed by atoms with Crippen molar-refractivity contribution in [2.45, 2.75) is 50.2 Å². The minimum absolute atomic E-state index is 0.0865. The summed E-state index contributed by atoms with van der Waals surface area (Å²) in [7, 11) is 0. The first kappa shape index (κ1) is 16.3. The maximum Gasteiger partial charge on any atom is 0.273 e. The summed E-state index contributed by atoms with van der Waals surface area (Å²) < 4.78 is 0. The van der Waals surface area contributed by atoms with Gasteiger partial charge < -0.3 is 15.3 Å². The third-order valence-electron chi connectivity index (χ3n) is 5.78. The fraction of sp³-hybridized carbons (Fsp3) is 0.611. The first-order valence-electron chi connectivity index (χ1n) is 9.10. The summed E-state index contributed by atoms with van der Waals surface area (Å²) in [6.45, 7) is 2.71. The third-order valence-corrected chi connectivity index (χ3v) is 5.78. The molecule has 2 aliphatic heterocycles. The molecule has 7 nitrogen and oxygen atoms in total. The quantitative estimate of drug-likeness (QED) is 0.845. The first-order valence-corrected chi connectivity index (χ1v) is 9.10. The van der Waals surface area contributed by atoms with Crippen LogP contribution in [-0.2, 0) is 4.79 Å². The average molecular weight is 344 g/mol. The number of aromatic hydroxyl groups is 1. The lowest BCUT2D eigenvalue weighted by Gasteiger charge is -2.40. The van der Waals surface area contributed by atoms with Gasteiger partial charge >= 0.3 is 0 Å². The van der Waals surface area contributed by atoms with E-state index in [2.05, 4.69) is 15.2 Å². The lowest BCUT2D eigenvalue weighted by Crippen LogP contribution is -2.54. The fourth-order valence-electron chi connectivity index (χ4n) is 4.47. The minimum Gasteiger partial charge on any atom is -0.505 e. The molecule has 2 saturated heterocycles. The zero-order valence-electron chi connectivity index (χ0n) is 14.2. The Morgan fingerprint density at radius 2 is 2.12 bits per heavy atom. The van der Waals surface area contributed by atoms with Gasteiger partial charge in [-0.3, -0.25) is 14.5 Å². The van der Waals surface area contributed by atoms with Crippen LogP contribution in [0.15, 0.2) is 18.3 Å². The number of piperazine rings is 1. The molecule has 0 aromatic carbocycles. The van der Waals surface area contributed by atoms with Crippen molar-refractivity contribution in [1.29, 1.82) is 0 Å². The molecule has 2 N–H and O–H groups in total. The number of carbonyl (C=O) groups is 2. The van der Waals surface area contributed by atoms with Crippen LogP contribution in [0.3, 0.4) is 0 Å². The summed E-state index contributed by atoms with van der Waals surface area (Å²) in [4.78, 5) is 32.6. The predicted molar refractivity (Wildman–Crippen MR) is 91.1 cm³/mol. The number of nitrogens with one attached hydrogen (secondary N) is 1. The largest absolute Gasteiger partial charge is 0.505 e. The van der Waals surface area contributed by atoms with E-state index in [9.17, 15) is 14.7 Å². The molecule has 1 aliphatic carbocycles. The van der Waals surface area contributed by atoms with Gasteiger partial charge in [0.2, 0.25) is 5.91 Å². The molecule has 0 bridgehead atoms. The Hall–Kier alpha value is -2.15. The topological polar surface area (TPSA) is 85.8 Å². The zero-order chi connectivity index (χ0) is 17.4. The Labute approximate surface area is 147 Å². The number of amides is 2. The summed E-state index contributed by atoms with van der Waals surface area (Å²) >= 11 is 0. The molecule has 1 saturated carbocycles. The van der Waals surface area contributed by atoms with Gasteiger partial charge in [0.25, 0.3) is 5.91 Å². The molecule has 3 atom stereocenters. The monoisotopic (exact) mass is 344 g/mol. The average Bonchev–Trinajstić information content (AvgIpc) is 3.22. The highest BCUT2D eigenvalue weighted by Gasteiger charge is 2.39. The van der Waals surface area contributed by atoms with E-state index < -0.39 is 0 Å². The van der Waals surface area contributed by atoms with Crippen LogP contribution < -0.4 is 5.32 Å². The van der Waals surface area contributed by atoms with Gasteiger partial charge in [0.1, 0.15) is 5.75 Å². The summed E-state index contributed by atoms with van der Waals surface area (Å²) in [5, 5.41) is 12.8. The molecule has 2 amide bonds. The van der Waals surface area contributed by atoms with E-state index >= 15 is 0 Å². The van der Waals surface area contributed by atoms with Crippen LogP contribution in [-0.4, -0.2) is 69.5 Å². The summed E-state index contributed by atoms with van der Waals surface area (Å²) in [6.07, 6.45) is 6.08. The molecule has 7 heteroatoms. The number of rotatable bonds is 3. The molecule has 3 aliphatic rings. The van der Waals surface area contributed by atoms with E-state index in [0.29, 0.717) is 24.4 Å². The maximum absolute atomic E-state index is 12.3. The normalized spacial score (nSPS) is 29.7. The summed E-state index contributed by atoms with van der Waals surface area (Å²) in [5.41, 5.74) is 0.0871. The number of pyridine rings is 1. The molecule has 134 valence electrons. The Balaban J connectivity index is 1.32. The fourth-order valence-corrected chi connectivity index (χ4v) is 4.47. The standard InChI is InChI=1S/C18H24N4O3/c23-15-2-1-7-19-17(15)18(25)20-12-3-4-13(10-12)21-8-9-22-14(11-21)5-6-16(22)24/h1-2,7,12-14,23H,3-6,8-11H2,(H,20,25). The lowest BCUT2D eigenvalue weighted by atomic mass is 10.1. The van der Waals surface area contributed by atoms with E-state index in [0.717, 1.165) is 45.3 Å². The second-order valence-corrected chi connectivity index (χ2v) is 7.28. The molecule has 1 aromatic heterocycles. The van der Waals surface area contributed by atoms with E-state index in [1.165, 1.54) is 12.3 Å². The van der Waals surface area contributed by atoms with Crippen molar-refractivity contribution in [3.8, 4) is 5.75 Å². The number of nitrogens with zero attached hydrogens (tertiary/aromatic N) is 3. The smallest absolute Gasteiger partial charge is 0.273 e. The maximum atomic E-state index is 12.3. The van der Waals surface area contributed by atoms with Crippen LogP contribution >= 0.6 is 0 Å². The highest BCUT2D eigenvalue weighted by molar-refractivity contribution is 5.94. The molecule has 3 unspecified atom stereocenters. The van der Waals surface area contributed by atoms with Crippen LogP contribution in [0.5, 0.6) is 5.75 Å². The zero-order valence-corrected chi connectivity index (χ0v) is 14.2. The molecule has 0 spiro atoms. The van der Waals surface area contributed by atoms with Crippen LogP contribution in [0.2, 0.25) is 0 Å². The van der Waals surface area contributed by atoms with Gasteiger partial charge in [-0.1, -0.05) is 0 Å². The van der Waals surface area contributed by atoms with Crippen molar-refractivity contribution in [3.05, 3.63) is 24.0 Å². The molecular weight excluding hydrogens is 320 g/mol. The molecule has 3 heterocycles. The van der Waals surface area contributed by atoms with Gasteiger partial charge in [0.05, 0.1) is 0 Å². The van der Waals surface area contributed by atoms with Crippen LogP contribution in [0.25, 0.3) is 0 Å². The number of aromatic nitrogens is 1. The summed E-state index contributed by atoms with van der Waals surface area (Å²) in [5.74, 6) is -0.0945. The van der Waals surface area contributed by atoms with Crippen LogP contribution in [0.4, 0.5) is 0 Å². The molecule has 1 aromatic rings. The Morgan fingerprint density at radius 1 is 1.24 bits per heavy atom. The van der Waals surface area contributed by atoms with Crippen molar-refractivity contribution >= 4 is 11.8 Å². The van der Waals surface area contributed by atoms with Gasteiger partial charge in [0.15, 0.2) is 5.69 Å². The first-order chi connectivity index (χ1) is 12.1. The lowest BCUT2D eigenvalue weighted by molar-refractivity contribution is -0.131. The molecule has 0 radical (unpaired) electrons. The van der Waals surface area contributed by atoms with Crippen molar-refractivity contribution < 1.29 is 14.7 Å². The van der Waals surface area contributed by atoms with Gasteiger partial charge in [-0.05, 0) is 37.8 Å². The van der Waals surface area contributed by atoms with Gasteiger partial charge in [0, 0.05) is 50.4 Å². The van der Waals surface area contributed by atoms with Crippen molar-refractivity contribution in [2.75, 3.05) is 19.6 Å². The second kappa shape index (κ2) is 6.63. The summed E-state index contributed by atoms with van der Waals surface area (Å²) in [6, 6.07) is 4.02. The molecule has 4 rings (SSSR count). The van der Waals surface area contributed by atoms with E-state index in [-0.39, 0.29) is 23.4 Å². The Kier molecular flexibility index (Phi) is 4.33. The minimum atomic E-state index is -0.310. The SMILES string of the molecule is O=C(NC1CCC(N2CCN3C(=O)CCC3C2)C1)c1ncccc1O. The third kappa shape index (κ3) is 3.20. The van der Waals surface area contributed by atoms with Crippen LogP contribution in [0.1, 0.15) is 42.6 Å². The number of carbonyl (C=O) groups excluding carboxylic acids is 2. The highest BCUT2D eigenvalue weighted by Crippen LogP contribution is 2.30. The predicted octanol–water partition coefficient (Wildman–Crippen LogP) is 0.745. The van der Waals surface area contributed by atoms with Gasteiger partial charge in [-0.15, -0.1) is 0 Å². The van der Waals surface area contributed by atoms with E-state index in [1.54, 1.807) is 6.07 Å². The van der Waals surface area contributed by atoms with Crippen molar-refractivity contribution in [1.82, 2.24) is 20.1 Å². The Bertz CT molecular complexity index is 680. The molecule has 25 heavy (non-hydrogen) atoms. The van der Waals surface area contributed by atoms with Crippen LogP contribution in [0, 0.1) is 0 Å². The highest BCUT2D eigenvalue weighted by atomic mass is 16.3. The van der Waals surface area contributed by atoms with Gasteiger partial charge in [-0.25, -0.2) is 4.98 Å². The second-order valence-electron chi connectivity index (χ2n) is 7.28. The van der Waals surface area contributed by atoms with Crippen molar-refractivity contribution in [2.24, 2.45) is 0 Å². The van der Waals surface area contributed by atoms with Crippen molar-refractivity contribution in [3.63, 3.8) is 0 Å². The molecular formula is C18H24N4O3. The Morgan fingerprint density at radius 3 is 2.96 bits per heavy atom. The van der Waals surface area contributed by atoms with Gasteiger partial charge in [-0.2, -0.15) is 0 Å². The van der Waals surface area contributed by atoms with E-state index in [4.69, 9.17) is 0 Å². The van der Waals surface area contributed by atoms with E-state index in [1.807, 2.05) is 4.90 Å². The number of hydrogen-bond acceptors (Lipinski definition) is 5. The number of hydrogen-bond donors (Lipinski definition) is 2.